The predicted octanol–water partition coefficient (Wildman–Crippen LogP) is 2.75. The first-order chi connectivity index (χ1) is 6.86. The Morgan fingerprint density at radius 3 is 2.47 bits per heavy atom. The van der Waals surface area contributed by atoms with Crippen molar-refractivity contribution in [2.24, 2.45) is 11.7 Å². The van der Waals surface area contributed by atoms with E-state index in [1.807, 2.05) is 6.20 Å². The molecule has 1 aromatic heterocycles. The van der Waals surface area contributed by atoms with Gasteiger partial charge in [0.15, 0.2) is 0 Å². The first-order valence-electron chi connectivity index (χ1n) is 5.67. The number of rotatable bonds is 3. The molecule has 1 aromatic rings. The molecule has 0 radical (unpaired) electrons. The van der Waals surface area contributed by atoms with Gasteiger partial charge in [0.1, 0.15) is 5.82 Å². The van der Waals surface area contributed by atoms with Crippen molar-refractivity contribution in [3.63, 3.8) is 0 Å². The maximum absolute atomic E-state index is 6.11. The number of aromatic amines is 1. The molecule has 0 aliphatic heterocycles. The highest BCUT2D eigenvalue weighted by molar-refractivity contribution is 5.13. The molecule has 15 heavy (non-hydrogen) atoms. The van der Waals surface area contributed by atoms with Crippen LogP contribution in [0, 0.1) is 5.92 Å². The van der Waals surface area contributed by atoms with Crippen LogP contribution in [-0.4, -0.2) is 9.97 Å². The third kappa shape index (κ3) is 2.81. The van der Waals surface area contributed by atoms with Crippen LogP contribution in [0.15, 0.2) is 6.20 Å². The zero-order valence-corrected chi connectivity index (χ0v) is 10.5. The van der Waals surface area contributed by atoms with Crippen molar-refractivity contribution in [1.29, 1.82) is 0 Å². The van der Waals surface area contributed by atoms with Crippen LogP contribution in [0.25, 0.3) is 0 Å². The molecule has 3 N–H and O–H groups in total. The van der Waals surface area contributed by atoms with E-state index in [4.69, 9.17) is 5.73 Å². The topological polar surface area (TPSA) is 54.7 Å². The number of nitrogens with zero attached hydrogens (tertiary/aromatic N) is 1. The van der Waals surface area contributed by atoms with E-state index in [9.17, 15) is 0 Å². The number of aromatic nitrogens is 2. The van der Waals surface area contributed by atoms with Crippen LogP contribution in [0.3, 0.4) is 0 Å². The Labute approximate surface area is 92.5 Å². The molecule has 2 unspecified atom stereocenters. The average molecular weight is 209 g/mol. The van der Waals surface area contributed by atoms with E-state index in [1.54, 1.807) is 0 Å². The smallest absolute Gasteiger partial charge is 0.123 e. The minimum Gasteiger partial charge on any atom is -0.344 e. The molecule has 0 fully saturated rings. The zero-order valence-electron chi connectivity index (χ0n) is 10.5. The second-order valence-corrected chi connectivity index (χ2v) is 5.34. The van der Waals surface area contributed by atoms with Gasteiger partial charge in [-0.15, -0.1) is 0 Å². The Morgan fingerprint density at radius 2 is 2.07 bits per heavy atom. The van der Waals surface area contributed by atoms with Crippen molar-refractivity contribution in [2.45, 2.75) is 52.5 Å². The molecule has 0 spiro atoms. The summed E-state index contributed by atoms with van der Waals surface area (Å²) in [5.41, 5.74) is 7.37. The van der Waals surface area contributed by atoms with Gasteiger partial charge < -0.3 is 10.7 Å². The van der Waals surface area contributed by atoms with E-state index in [2.05, 4.69) is 44.6 Å². The maximum Gasteiger partial charge on any atom is 0.123 e. The molecule has 1 heterocycles. The van der Waals surface area contributed by atoms with Gasteiger partial charge in [-0.25, -0.2) is 4.98 Å². The summed E-state index contributed by atoms with van der Waals surface area (Å²) in [7, 11) is 0. The summed E-state index contributed by atoms with van der Waals surface area (Å²) in [5.74, 6) is 1.37. The number of H-pyrrole nitrogens is 1. The van der Waals surface area contributed by atoms with E-state index in [0.717, 1.165) is 17.9 Å². The Bertz CT molecular complexity index is 309. The lowest BCUT2D eigenvalue weighted by Gasteiger charge is -2.18. The van der Waals surface area contributed by atoms with Crippen LogP contribution >= 0.6 is 0 Å². The molecule has 0 aliphatic rings. The molecule has 3 heteroatoms. The van der Waals surface area contributed by atoms with Crippen LogP contribution in [0.2, 0.25) is 0 Å². The Balaban J connectivity index is 2.85. The van der Waals surface area contributed by atoms with E-state index < -0.39 is 0 Å². The third-order valence-corrected chi connectivity index (χ3v) is 2.98. The third-order valence-electron chi connectivity index (χ3n) is 2.98. The summed E-state index contributed by atoms with van der Waals surface area (Å²) in [6.07, 6.45) is 2.98. The lowest BCUT2D eigenvalue weighted by Crippen LogP contribution is -2.20. The molecule has 3 nitrogen and oxygen atoms in total. The van der Waals surface area contributed by atoms with Gasteiger partial charge in [0.05, 0.1) is 6.04 Å². The fraction of sp³-hybridized carbons (Fsp3) is 0.750. The van der Waals surface area contributed by atoms with Crippen LogP contribution in [0.4, 0.5) is 0 Å². The number of hydrogen-bond donors (Lipinski definition) is 2. The van der Waals surface area contributed by atoms with Gasteiger partial charge in [0.2, 0.25) is 0 Å². The van der Waals surface area contributed by atoms with Gasteiger partial charge in [-0.05, 0) is 5.92 Å². The molecule has 0 saturated heterocycles. The van der Waals surface area contributed by atoms with Crippen LogP contribution < -0.4 is 5.73 Å². The average Bonchev–Trinajstić information content (AvgIpc) is 2.63. The van der Waals surface area contributed by atoms with Crippen molar-refractivity contribution in [2.75, 3.05) is 0 Å². The van der Waals surface area contributed by atoms with Crippen molar-refractivity contribution >= 4 is 0 Å². The fourth-order valence-electron chi connectivity index (χ4n) is 1.41. The summed E-state index contributed by atoms with van der Waals surface area (Å²) in [5, 5.41) is 0. The molecular weight excluding hydrogens is 186 g/mol. The highest BCUT2D eigenvalue weighted by atomic mass is 15.0. The van der Waals surface area contributed by atoms with E-state index in [1.165, 1.54) is 0 Å². The second-order valence-electron chi connectivity index (χ2n) is 5.34. The minimum atomic E-state index is 0.0195. The molecule has 0 saturated carbocycles. The predicted molar refractivity (Wildman–Crippen MR) is 63.7 cm³/mol. The molecular formula is C12H23N3. The van der Waals surface area contributed by atoms with Gasteiger partial charge >= 0.3 is 0 Å². The van der Waals surface area contributed by atoms with Crippen LogP contribution in [0.5, 0.6) is 0 Å². The van der Waals surface area contributed by atoms with Gasteiger partial charge in [0, 0.05) is 17.3 Å². The van der Waals surface area contributed by atoms with Gasteiger partial charge in [0.25, 0.3) is 0 Å². The Kier molecular flexibility index (Phi) is 3.55. The lowest BCUT2D eigenvalue weighted by molar-refractivity contribution is 0.439. The normalized spacial score (nSPS) is 16.4. The lowest BCUT2D eigenvalue weighted by atomic mass is 9.93. The highest BCUT2D eigenvalue weighted by Gasteiger charge is 2.20. The second kappa shape index (κ2) is 4.35. The molecule has 2 atom stereocenters. The van der Waals surface area contributed by atoms with Gasteiger partial charge in [-0.1, -0.05) is 41.0 Å². The molecule has 1 rings (SSSR count). The molecule has 0 aliphatic carbocycles. The molecule has 86 valence electrons. The van der Waals surface area contributed by atoms with Crippen LogP contribution in [0.1, 0.15) is 58.6 Å². The first kappa shape index (κ1) is 12.2. The quantitative estimate of drug-likeness (QED) is 0.804. The highest BCUT2D eigenvalue weighted by Crippen LogP contribution is 2.24. The first-order valence-corrected chi connectivity index (χ1v) is 5.67. The van der Waals surface area contributed by atoms with Crippen LogP contribution in [-0.2, 0) is 5.41 Å². The van der Waals surface area contributed by atoms with Crippen molar-refractivity contribution < 1.29 is 0 Å². The number of nitrogens with one attached hydrogen (secondary N) is 1. The van der Waals surface area contributed by atoms with E-state index >= 15 is 0 Å². The molecule has 0 aromatic carbocycles. The zero-order chi connectivity index (χ0) is 11.6. The fourth-order valence-corrected chi connectivity index (χ4v) is 1.41. The van der Waals surface area contributed by atoms with Crippen molar-refractivity contribution in [3.8, 4) is 0 Å². The van der Waals surface area contributed by atoms with Gasteiger partial charge in [-0.3, -0.25) is 0 Å². The maximum atomic E-state index is 6.11. The van der Waals surface area contributed by atoms with E-state index in [-0.39, 0.29) is 11.5 Å². The monoisotopic (exact) mass is 209 g/mol. The molecule has 0 bridgehead atoms. The Hall–Kier alpha value is -0.830. The number of imidazole rings is 1. The van der Waals surface area contributed by atoms with Crippen molar-refractivity contribution in [3.05, 3.63) is 17.7 Å². The summed E-state index contributed by atoms with van der Waals surface area (Å²) < 4.78 is 0. The SMILES string of the molecule is CCC(C)C(N)c1ncc(C(C)(C)C)[nH]1. The summed E-state index contributed by atoms with van der Waals surface area (Å²) in [4.78, 5) is 7.70. The minimum absolute atomic E-state index is 0.0195. The summed E-state index contributed by atoms with van der Waals surface area (Å²) in [6, 6.07) is 0.0195. The Morgan fingerprint density at radius 1 is 1.47 bits per heavy atom. The molecule has 0 amide bonds. The summed E-state index contributed by atoms with van der Waals surface area (Å²) in [6.45, 7) is 10.8. The van der Waals surface area contributed by atoms with E-state index in [0.29, 0.717) is 5.92 Å². The number of hydrogen-bond acceptors (Lipinski definition) is 2. The van der Waals surface area contributed by atoms with Gasteiger partial charge in [-0.2, -0.15) is 0 Å². The number of nitrogens with two attached hydrogens (primary N) is 1. The summed E-state index contributed by atoms with van der Waals surface area (Å²) >= 11 is 0. The largest absolute Gasteiger partial charge is 0.344 e. The van der Waals surface area contributed by atoms with Crippen molar-refractivity contribution in [1.82, 2.24) is 9.97 Å². The standard InChI is InChI=1S/C12H23N3/c1-6-8(2)10(13)11-14-7-9(15-11)12(3,4)5/h7-8,10H,6,13H2,1-5H3,(H,14,15).